The van der Waals surface area contributed by atoms with Crippen LogP contribution >= 0.6 is 0 Å². The van der Waals surface area contributed by atoms with Crippen molar-refractivity contribution < 1.29 is 19.1 Å². The number of rotatable bonds is 2. The number of amides is 3. The van der Waals surface area contributed by atoms with E-state index in [2.05, 4.69) is 10.1 Å². The molecule has 0 atom stereocenters. The second-order valence-corrected chi connectivity index (χ2v) is 3.97. The number of carbonyl (C=O) groups is 3. The fourth-order valence-electron chi connectivity index (χ4n) is 1.62. The first-order valence-corrected chi connectivity index (χ1v) is 5.52. The van der Waals surface area contributed by atoms with Crippen molar-refractivity contribution in [3.8, 4) is 0 Å². The van der Waals surface area contributed by atoms with Gasteiger partial charge in [-0.25, -0.2) is 9.59 Å². The standard InChI is InChI=1S/C13H12N2O4/c1-15-11(16)10(14-13(15)18)7-8-3-5-9(6-4-8)12(17)19-2/h3-7H,1-2H3,(H,14,18)/b10-7+. The van der Waals surface area contributed by atoms with Crippen LogP contribution in [0.5, 0.6) is 0 Å². The second-order valence-electron chi connectivity index (χ2n) is 3.97. The summed E-state index contributed by atoms with van der Waals surface area (Å²) in [5.41, 5.74) is 1.33. The molecule has 0 spiro atoms. The normalized spacial score (nSPS) is 16.7. The predicted octanol–water partition coefficient (Wildman–Crippen LogP) is 0.996. The zero-order valence-electron chi connectivity index (χ0n) is 10.5. The highest BCUT2D eigenvalue weighted by Crippen LogP contribution is 2.13. The van der Waals surface area contributed by atoms with Gasteiger partial charge in [-0.15, -0.1) is 0 Å². The summed E-state index contributed by atoms with van der Waals surface area (Å²) in [6.07, 6.45) is 1.55. The van der Waals surface area contributed by atoms with Crippen LogP contribution in [0.25, 0.3) is 6.08 Å². The van der Waals surface area contributed by atoms with Crippen LogP contribution in [0.15, 0.2) is 30.0 Å². The van der Waals surface area contributed by atoms with E-state index in [1.807, 2.05) is 0 Å². The Labute approximate surface area is 109 Å². The third-order valence-electron chi connectivity index (χ3n) is 2.72. The molecule has 0 aromatic heterocycles. The number of carbonyl (C=O) groups excluding carboxylic acids is 3. The molecular weight excluding hydrogens is 248 g/mol. The zero-order chi connectivity index (χ0) is 14.0. The van der Waals surface area contributed by atoms with E-state index in [0.717, 1.165) is 4.90 Å². The highest BCUT2D eigenvalue weighted by Gasteiger charge is 2.29. The molecule has 0 bridgehead atoms. The number of methoxy groups -OCH3 is 1. The quantitative estimate of drug-likeness (QED) is 0.489. The van der Waals surface area contributed by atoms with Crippen LogP contribution in [0.3, 0.4) is 0 Å². The number of ether oxygens (including phenoxy) is 1. The molecule has 1 fully saturated rings. The van der Waals surface area contributed by atoms with Gasteiger partial charge in [-0.05, 0) is 23.8 Å². The van der Waals surface area contributed by atoms with Crippen LogP contribution in [0.1, 0.15) is 15.9 Å². The number of imide groups is 1. The number of benzene rings is 1. The Hall–Kier alpha value is -2.63. The van der Waals surface area contributed by atoms with Gasteiger partial charge in [0.15, 0.2) is 0 Å². The van der Waals surface area contributed by atoms with Gasteiger partial charge in [-0.1, -0.05) is 12.1 Å². The van der Waals surface area contributed by atoms with Gasteiger partial charge in [0.1, 0.15) is 5.70 Å². The van der Waals surface area contributed by atoms with Gasteiger partial charge in [-0.2, -0.15) is 0 Å². The maximum Gasteiger partial charge on any atom is 0.337 e. The fraction of sp³-hybridized carbons (Fsp3) is 0.154. The van der Waals surface area contributed by atoms with Crippen LogP contribution in [0, 0.1) is 0 Å². The highest BCUT2D eigenvalue weighted by atomic mass is 16.5. The predicted molar refractivity (Wildman–Crippen MR) is 67.1 cm³/mol. The van der Waals surface area contributed by atoms with E-state index in [1.165, 1.54) is 14.2 Å². The molecule has 3 amide bonds. The molecule has 19 heavy (non-hydrogen) atoms. The molecule has 2 rings (SSSR count). The number of hydrogen-bond donors (Lipinski definition) is 1. The molecule has 1 aliphatic rings. The molecule has 1 aromatic carbocycles. The average molecular weight is 260 g/mol. The molecular formula is C13H12N2O4. The summed E-state index contributed by atoms with van der Waals surface area (Å²) in [7, 11) is 2.71. The van der Waals surface area contributed by atoms with Crippen molar-refractivity contribution in [2.75, 3.05) is 14.2 Å². The summed E-state index contributed by atoms with van der Waals surface area (Å²) in [6, 6.07) is 6.04. The molecule has 0 radical (unpaired) electrons. The molecule has 6 heteroatoms. The third kappa shape index (κ3) is 2.47. The lowest BCUT2D eigenvalue weighted by atomic mass is 10.1. The molecule has 0 aliphatic carbocycles. The zero-order valence-corrected chi connectivity index (χ0v) is 10.5. The van der Waals surface area contributed by atoms with Crippen molar-refractivity contribution in [2.24, 2.45) is 0 Å². The Morgan fingerprint density at radius 3 is 2.37 bits per heavy atom. The lowest BCUT2D eigenvalue weighted by molar-refractivity contribution is -0.121. The molecule has 98 valence electrons. The second kappa shape index (κ2) is 4.93. The summed E-state index contributed by atoms with van der Waals surface area (Å²) < 4.78 is 4.58. The van der Waals surface area contributed by atoms with E-state index >= 15 is 0 Å². The van der Waals surface area contributed by atoms with E-state index in [-0.39, 0.29) is 11.6 Å². The SMILES string of the molecule is COC(=O)c1ccc(/C=C2/NC(=O)N(C)C2=O)cc1. The number of hydrogen-bond acceptors (Lipinski definition) is 4. The molecule has 1 N–H and O–H groups in total. The average Bonchev–Trinajstić information content (AvgIpc) is 2.66. The van der Waals surface area contributed by atoms with Gasteiger partial charge in [0.05, 0.1) is 12.7 Å². The molecule has 1 aromatic rings. The molecule has 0 unspecified atom stereocenters. The van der Waals surface area contributed by atoms with Crippen molar-refractivity contribution in [1.82, 2.24) is 10.2 Å². The molecule has 6 nitrogen and oxygen atoms in total. The van der Waals surface area contributed by atoms with Crippen molar-refractivity contribution in [2.45, 2.75) is 0 Å². The first-order valence-electron chi connectivity index (χ1n) is 5.52. The first kappa shape index (κ1) is 12.8. The Kier molecular flexibility index (Phi) is 3.33. The third-order valence-corrected chi connectivity index (χ3v) is 2.72. The number of nitrogens with one attached hydrogen (secondary N) is 1. The Balaban J connectivity index is 2.23. The van der Waals surface area contributed by atoms with E-state index in [0.29, 0.717) is 11.1 Å². The minimum absolute atomic E-state index is 0.207. The summed E-state index contributed by atoms with van der Waals surface area (Å²) in [5, 5.41) is 2.46. The van der Waals surface area contributed by atoms with Crippen molar-refractivity contribution >= 4 is 24.0 Å². The largest absolute Gasteiger partial charge is 0.465 e. The Morgan fingerprint density at radius 2 is 1.89 bits per heavy atom. The molecule has 1 heterocycles. The van der Waals surface area contributed by atoms with Crippen molar-refractivity contribution in [1.29, 1.82) is 0 Å². The summed E-state index contributed by atoms with van der Waals surface area (Å²) in [6.45, 7) is 0. The smallest absolute Gasteiger partial charge is 0.337 e. The number of nitrogens with zero attached hydrogens (tertiary/aromatic N) is 1. The van der Waals surface area contributed by atoms with E-state index in [1.54, 1.807) is 30.3 Å². The lowest BCUT2D eigenvalue weighted by Gasteiger charge is -2.01. The molecule has 1 saturated heterocycles. The van der Waals surface area contributed by atoms with Gasteiger partial charge in [0, 0.05) is 7.05 Å². The van der Waals surface area contributed by atoms with E-state index in [4.69, 9.17) is 0 Å². The van der Waals surface area contributed by atoms with E-state index < -0.39 is 12.0 Å². The topological polar surface area (TPSA) is 75.7 Å². The summed E-state index contributed by atoms with van der Waals surface area (Å²) in [5.74, 6) is -0.814. The fourth-order valence-corrected chi connectivity index (χ4v) is 1.62. The van der Waals surface area contributed by atoms with Crippen LogP contribution in [0.2, 0.25) is 0 Å². The Morgan fingerprint density at radius 1 is 1.26 bits per heavy atom. The van der Waals surface area contributed by atoms with Gasteiger partial charge in [-0.3, -0.25) is 9.69 Å². The van der Waals surface area contributed by atoms with Gasteiger partial charge >= 0.3 is 12.0 Å². The molecule has 0 saturated carbocycles. The van der Waals surface area contributed by atoms with Gasteiger partial charge < -0.3 is 10.1 Å². The van der Waals surface area contributed by atoms with Crippen molar-refractivity contribution in [3.05, 3.63) is 41.1 Å². The highest BCUT2D eigenvalue weighted by molar-refractivity contribution is 6.13. The van der Waals surface area contributed by atoms with E-state index in [9.17, 15) is 14.4 Å². The number of esters is 1. The van der Waals surface area contributed by atoms with Crippen molar-refractivity contribution in [3.63, 3.8) is 0 Å². The maximum absolute atomic E-state index is 11.6. The van der Waals surface area contributed by atoms with Crippen LogP contribution < -0.4 is 5.32 Å². The van der Waals surface area contributed by atoms with Gasteiger partial charge in [0.2, 0.25) is 0 Å². The minimum Gasteiger partial charge on any atom is -0.465 e. The monoisotopic (exact) mass is 260 g/mol. The first-order chi connectivity index (χ1) is 9.02. The summed E-state index contributed by atoms with van der Waals surface area (Å²) in [4.78, 5) is 35.1. The van der Waals surface area contributed by atoms with Gasteiger partial charge in [0.25, 0.3) is 5.91 Å². The van der Waals surface area contributed by atoms with Crippen LogP contribution in [-0.2, 0) is 9.53 Å². The maximum atomic E-state index is 11.6. The minimum atomic E-state index is -0.456. The molecule has 1 aliphatic heterocycles. The summed E-state index contributed by atoms with van der Waals surface area (Å²) >= 11 is 0. The van der Waals surface area contributed by atoms with Crippen LogP contribution in [-0.4, -0.2) is 37.0 Å². The van der Waals surface area contributed by atoms with Crippen LogP contribution in [0.4, 0.5) is 4.79 Å². The Bertz CT molecular complexity index is 575. The lowest BCUT2D eigenvalue weighted by Crippen LogP contribution is -2.25. The number of likely N-dealkylation sites (N-methyl/N-ethyl adjacent to an activating group) is 1. The number of urea groups is 1.